The molecule has 0 fully saturated rings. The van der Waals surface area contributed by atoms with Crippen LogP contribution in [0.5, 0.6) is 0 Å². The van der Waals surface area contributed by atoms with Crippen molar-refractivity contribution in [1.82, 2.24) is 4.98 Å². The van der Waals surface area contributed by atoms with Crippen LogP contribution in [0.25, 0.3) is 11.3 Å². The molecule has 1 amide bonds. The molecule has 0 saturated heterocycles. The predicted molar refractivity (Wildman–Crippen MR) is 130 cm³/mol. The molecule has 0 unspecified atom stereocenters. The summed E-state index contributed by atoms with van der Waals surface area (Å²) in [6, 6.07) is 26.0. The Morgan fingerprint density at radius 1 is 0.906 bits per heavy atom. The summed E-state index contributed by atoms with van der Waals surface area (Å²) in [6.45, 7) is 4.09. The Hall–Kier alpha value is -3.63. The largest absolute Gasteiger partial charge is 0.358 e. The van der Waals surface area contributed by atoms with E-state index in [1.165, 1.54) is 6.07 Å². The number of carbonyl (C=O) groups excluding carboxylic acids is 1. The number of H-pyrrole nitrogens is 1. The normalized spacial score (nSPS) is 10.7. The molecule has 3 aromatic carbocycles. The summed E-state index contributed by atoms with van der Waals surface area (Å²) >= 11 is 6.21. The van der Waals surface area contributed by atoms with Crippen molar-refractivity contribution in [2.45, 2.75) is 20.4 Å². The number of nitrogens with zero attached hydrogens (tertiary/aromatic N) is 1. The van der Waals surface area contributed by atoms with Crippen LogP contribution < -0.4 is 10.3 Å². The lowest BCUT2D eigenvalue weighted by Gasteiger charge is -2.25. The van der Waals surface area contributed by atoms with Crippen LogP contribution in [-0.2, 0) is 6.54 Å². The Labute approximate surface area is 192 Å². The number of pyridine rings is 1. The second kappa shape index (κ2) is 9.25. The lowest BCUT2D eigenvalue weighted by Crippen LogP contribution is -2.35. The second-order valence-electron chi connectivity index (χ2n) is 7.74. The first-order chi connectivity index (χ1) is 15.4. The zero-order valence-corrected chi connectivity index (χ0v) is 18.7. The van der Waals surface area contributed by atoms with Gasteiger partial charge in [0.05, 0.1) is 12.2 Å². The molecular formula is C27H23ClN2O2. The molecule has 1 aromatic heterocycles. The number of anilines is 1. The fourth-order valence-corrected chi connectivity index (χ4v) is 3.98. The number of aromatic amines is 1. The standard InChI is InChI=1S/C27H23ClN2O2/c1-18-9-6-7-14-23(18)30(17-20-10-4-3-5-11-20)27(32)25-24(31)15-19(2)29-26(25)21-12-8-13-22(28)16-21/h3-16H,17H2,1-2H3,(H,29,31). The number of rotatable bonds is 5. The zero-order valence-electron chi connectivity index (χ0n) is 17.9. The minimum Gasteiger partial charge on any atom is -0.358 e. The number of halogens is 1. The molecule has 0 bridgehead atoms. The van der Waals surface area contributed by atoms with Gasteiger partial charge in [0.15, 0.2) is 5.43 Å². The molecule has 4 nitrogen and oxygen atoms in total. The molecule has 160 valence electrons. The highest BCUT2D eigenvalue weighted by Gasteiger charge is 2.26. The van der Waals surface area contributed by atoms with E-state index < -0.39 is 0 Å². The number of aromatic nitrogens is 1. The van der Waals surface area contributed by atoms with E-state index in [0.29, 0.717) is 28.5 Å². The highest BCUT2D eigenvalue weighted by molar-refractivity contribution is 6.30. The van der Waals surface area contributed by atoms with E-state index >= 15 is 0 Å². The van der Waals surface area contributed by atoms with Crippen molar-refractivity contribution in [3.05, 3.63) is 123 Å². The topological polar surface area (TPSA) is 53.2 Å². The first kappa shape index (κ1) is 21.6. The summed E-state index contributed by atoms with van der Waals surface area (Å²) in [7, 11) is 0. The smallest absolute Gasteiger partial charge is 0.264 e. The quantitative estimate of drug-likeness (QED) is 0.402. The lowest BCUT2D eigenvalue weighted by atomic mass is 10.0. The fourth-order valence-electron chi connectivity index (χ4n) is 3.79. The molecule has 0 saturated carbocycles. The molecule has 0 spiro atoms. The first-order valence-corrected chi connectivity index (χ1v) is 10.7. The predicted octanol–water partition coefficient (Wildman–Crippen LogP) is 6.16. The van der Waals surface area contributed by atoms with Gasteiger partial charge in [0.1, 0.15) is 5.56 Å². The summed E-state index contributed by atoms with van der Waals surface area (Å²) in [5.41, 5.74) is 4.28. The Balaban J connectivity index is 1.89. The van der Waals surface area contributed by atoms with Crippen LogP contribution in [0, 0.1) is 13.8 Å². The minimum absolute atomic E-state index is 0.0945. The van der Waals surface area contributed by atoms with E-state index in [4.69, 9.17) is 11.6 Å². The number of nitrogens with one attached hydrogen (secondary N) is 1. The number of amides is 1. The van der Waals surface area contributed by atoms with Crippen LogP contribution in [0.3, 0.4) is 0 Å². The van der Waals surface area contributed by atoms with E-state index in [-0.39, 0.29) is 16.9 Å². The first-order valence-electron chi connectivity index (χ1n) is 10.4. The van der Waals surface area contributed by atoms with Crippen molar-refractivity contribution in [1.29, 1.82) is 0 Å². The molecular weight excluding hydrogens is 420 g/mol. The van der Waals surface area contributed by atoms with Crippen molar-refractivity contribution in [2.75, 3.05) is 4.90 Å². The molecule has 0 aliphatic carbocycles. The molecule has 0 atom stereocenters. The number of aryl methyl sites for hydroxylation is 2. The maximum Gasteiger partial charge on any atom is 0.264 e. The van der Waals surface area contributed by atoms with Crippen molar-refractivity contribution < 1.29 is 4.79 Å². The van der Waals surface area contributed by atoms with Gasteiger partial charge in [-0.25, -0.2) is 0 Å². The van der Waals surface area contributed by atoms with E-state index in [0.717, 1.165) is 16.8 Å². The fraction of sp³-hybridized carbons (Fsp3) is 0.111. The molecule has 5 heteroatoms. The van der Waals surface area contributed by atoms with Gasteiger partial charge >= 0.3 is 0 Å². The third kappa shape index (κ3) is 4.51. The molecule has 0 aliphatic heterocycles. The van der Waals surface area contributed by atoms with Crippen LogP contribution in [0.4, 0.5) is 5.69 Å². The van der Waals surface area contributed by atoms with Gasteiger partial charge in [-0.1, -0.05) is 72.3 Å². The van der Waals surface area contributed by atoms with Crippen molar-refractivity contribution >= 4 is 23.2 Å². The average Bonchev–Trinajstić information content (AvgIpc) is 2.78. The number of hydrogen-bond acceptors (Lipinski definition) is 2. The van der Waals surface area contributed by atoms with E-state index in [9.17, 15) is 9.59 Å². The van der Waals surface area contributed by atoms with Gasteiger partial charge in [-0.15, -0.1) is 0 Å². The minimum atomic E-state index is -0.362. The Bertz CT molecular complexity index is 1330. The third-order valence-electron chi connectivity index (χ3n) is 5.33. The van der Waals surface area contributed by atoms with Gasteiger partial charge in [-0.3, -0.25) is 9.59 Å². The van der Waals surface area contributed by atoms with Gasteiger partial charge in [-0.05, 0) is 43.2 Å². The summed E-state index contributed by atoms with van der Waals surface area (Å²) in [4.78, 5) is 32.0. The maximum atomic E-state index is 14.0. The molecule has 0 radical (unpaired) electrons. The Morgan fingerprint density at radius 2 is 1.62 bits per heavy atom. The molecule has 32 heavy (non-hydrogen) atoms. The second-order valence-corrected chi connectivity index (χ2v) is 8.18. The number of hydrogen-bond donors (Lipinski definition) is 1. The number of carbonyl (C=O) groups is 1. The summed E-state index contributed by atoms with van der Waals surface area (Å²) in [6.07, 6.45) is 0. The van der Waals surface area contributed by atoms with Gasteiger partial charge in [0.25, 0.3) is 5.91 Å². The number of para-hydroxylation sites is 1. The van der Waals surface area contributed by atoms with Crippen LogP contribution in [0.1, 0.15) is 27.2 Å². The zero-order chi connectivity index (χ0) is 22.7. The summed E-state index contributed by atoms with van der Waals surface area (Å²) < 4.78 is 0. The van der Waals surface area contributed by atoms with Crippen LogP contribution in [0.15, 0.2) is 89.7 Å². The molecule has 4 rings (SSSR count). The van der Waals surface area contributed by atoms with Crippen LogP contribution in [0.2, 0.25) is 5.02 Å². The highest BCUT2D eigenvalue weighted by atomic mass is 35.5. The molecule has 1 heterocycles. The van der Waals surface area contributed by atoms with E-state index in [1.807, 2.05) is 67.6 Å². The molecule has 0 aliphatic rings. The van der Waals surface area contributed by atoms with Crippen molar-refractivity contribution in [3.8, 4) is 11.3 Å². The Morgan fingerprint density at radius 3 is 2.34 bits per heavy atom. The Kier molecular flexibility index (Phi) is 6.24. The monoisotopic (exact) mass is 442 g/mol. The van der Waals surface area contributed by atoms with Gasteiger partial charge in [0.2, 0.25) is 0 Å². The van der Waals surface area contributed by atoms with E-state index in [2.05, 4.69) is 4.98 Å². The molecule has 4 aromatic rings. The van der Waals surface area contributed by atoms with Crippen LogP contribution >= 0.6 is 11.6 Å². The average molecular weight is 443 g/mol. The van der Waals surface area contributed by atoms with Gasteiger partial charge in [0, 0.05) is 28.0 Å². The highest BCUT2D eigenvalue weighted by Crippen LogP contribution is 2.28. The number of benzene rings is 3. The van der Waals surface area contributed by atoms with E-state index in [1.54, 1.807) is 30.0 Å². The van der Waals surface area contributed by atoms with Crippen LogP contribution in [-0.4, -0.2) is 10.9 Å². The SMILES string of the molecule is Cc1cc(=O)c(C(=O)N(Cc2ccccc2)c2ccccc2C)c(-c2cccc(Cl)c2)[nH]1. The maximum absolute atomic E-state index is 14.0. The van der Waals surface area contributed by atoms with Crippen molar-refractivity contribution in [2.24, 2.45) is 0 Å². The third-order valence-corrected chi connectivity index (χ3v) is 5.56. The lowest BCUT2D eigenvalue weighted by molar-refractivity contribution is 0.0984. The van der Waals surface area contributed by atoms with Crippen molar-refractivity contribution in [3.63, 3.8) is 0 Å². The van der Waals surface area contributed by atoms with Gasteiger partial charge < -0.3 is 9.88 Å². The molecule has 1 N–H and O–H groups in total. The summed E-state index contributed by atoms with van der Waals surface area (Å²) in [5.74, 6) is -0.362. The summed E-state index contributed by atoms with van der Waals surface area (Å²) in [5, 5.41) is 0.531. The van der Waals surface area contributed by atoms with Gasteiger partial charge in [-0.2, -0.15) is 0 Å².